The van der Waals surface area contributed by atoms with Gasteiger partial charge in [-0.15, -0.1) is 0 Å². The largest absolute Gasteiger partial charge is 0.453 e. The average Bonchev–Trinajstić information content (AvgIpc) is 3.16. The third kappa shape index (κ3) is 8.79. The lowest BCUT2D eigenvalue weighted by Gasteiger charge is -2.46. The van der Waals surface area contributed by atoms with Crippen molar-refractivity contribution in [2.45, 2.75) is 63.4 Å². The van der Waals surface area contributed by atoms with Crippen LogP contribution < -0.4 is 0 Å². The molecule has 8 heteroatoms. The van der Waals surface area contributed by atoms with Crippen molar-refractivity contribution in [1.82, 2.24) is 0 Å². The molecule has 0 N–H and O–H groups in total. The van der Waals surface area contributed by atoms with Crippen molar-refractivity contribution < 1.29 is 38.0 Å². The van der Waals surface area contributed by atoms with Crippen LogP contribution >= 0.6 is 0 Å². The smallest absolute Gasteiger partial charge is 0.305 e. The Morgan fingerprint density at radius 1 is 0.529 bits per heavy atom. The number of esters is 2. The van der Waals surface area contributed by atoms with Crippen molar-refractivity contribution >= 4 is 11.9 Å². The predicted octanol–water partition coefficient (Wildman–Crippen LogP) is 7.39. The van der Waals surface area contributed by atoms with E-state index in [1.165, 1.54) is 13.8 Å². The Kier molecular flexibility index (Phi) is 12.0. The molecule has 0 bridgehead atoms. The van der Waals surface area contributed by atoms with Crippen LogP contribution in [0.5, 0.6) is 0 Å². The molecule has 8 nitrogen and oxygen atoms in total. The molecule has 1 aliphatic heterocycles. The minimum Gasteiger partial charge on any atom is -0.453 e. The maximum absolute atomic E-state index is 12.5. The van der Waals surface area contributed by atoms with Crippen LogP contribution in [0.2, 0.25) is 0 Å². The molecule has 5 atom stereocenters. The number of benzene rings is 5. The lowest BCUT2D eigenvalue weighted by molar-refractivity contribution is -0.314. The zero-order valence-electron chi connectivity index (χ0n) is 28.7. The molecule has 0 spiro atoms. The Morgan fingerprint density at radius 2 is 0.922 bits per heavy atom. The summed E-state index contributed by atoms with van der Waals surface area (Å²) < 4.78 is 38.5. The summed E-state index contributed by atoms with van der Waals surface area (Å²) in [4.78, 5) is 25.0. The van der Waals surface area contributed by atoms with Crippen LogP contribution in [0, 0.1) is 0 Å². The van der Waals surface area contributed by atoms with Gasteiger partial charge in [-0.3, -0.25) is 9.59 Å². The lowest BCUT2D eigenvalue weighted by Crippen LogP contribution is -2.62. The van der Waals surface area contributed by atoms with Gasteiger partial charge in [0, 0.05) is 13.8 Å². The molecule has 0 amide bonds. The zero-order valence-corrected chi connectivity index (χ0v) is 28.7. The highest BCUT2D eigenvalue weighted by atomic mass is 16.7. The first kappa shape index (κ1) is 35.7. The molecule has 0 saturated carbocycles. The minimum atomic E-state index is -1.29. The average molecular weight is 687 g/mol. The second-order valence-corrected chi connectivity index (χ2v) is 12.3. The zero-order chi connectivity index (χ0) is 35.5. The molecule has 1 heterocycles. The standard InChI is InChI=1S/C43H42O8/c1-31(44)49-41-40(47-29-34-20-10-4-11-21-34)39(46-28-33-18-8-3-9-19-33)38(51-42(41)50-32(2)45)30-48-43(35-22-12-5-13-23-35,36-24-14-6-15-25-36)37-26-16-7-17-27-37/h3-27,38-42H,28-30H2,1-2H3/t38-,39+,40+,41+,42-/m0/s1. The number of carbonyl (C=O) groups excluding carboxylic acids is 2. The van der Waals surface area contributed by atoms with Gasteiger partial charge in [0.05, 0.1) is 19.8 Å². The van der Waals surface area contributed by atoms with Gasteiger partial charge in [-0.1, -0.05) is 152 Å². The summed E-state index contributed by atoms with van der Waals surface area (Å²) in [5.41, 5.74) is 3.49. The second kappa shape index (κ2) is 17.2. The van der Waals surface area contributed by atoms with Crippen molar-refractivity contribution in [3.63, 3.8) is 0 Å². The monoisotopic (exact) mass is 686 g/mol. The van der Waals surface area contributed by atoms with E-state index in [1.54, 1.807) is 0 Å². The number of carbonyl (C=O) groups is 2. The van der Waals surface area contributed by atoms with Gasteiger partial charge in [0.1, 0.15) is 23.9 Å². The molecule has 1 fully saturated rings. The molecule has 5 aromatic carbocycles. The molecule has 1 saturated heterocycles. The third-order valence-electron chi connectivity index (χ3n) is 8.75. The SMILES string of the molecule is CC(=O)O[C@H]1O[C@@H](COC(c2ccccc2)(c2ccccc2)c2ccccc2)[C@@H](OCc2ccccc2)[C@@H](OCc2ccccc2)[C@H]1OC(C)=O. The van der Waals surface area contributed by atoms with Gasteiger partial charge in [-0.2, -0.15) is 0 Å². The minimum absolute atomic E-state index is 0.0199. The summed E-state index contributed by atoms with van der Waals surface area (Å²) in [5, 5.41) is 0. The molecule has 0 aromatic heterocycles. The van der Waals surface area contributed by atoms with Gasteiger partial charge in [0.25, 0.3) is 0 Å². The van der Waals surface area contributed by atoms with Crippen LogP contribution in [0.25, 0.3) is 0 Å². The Morgan fingerprint density at radius 3 is 1.33 bits per heavy atom. The number of ether oxygens (including phenoxy) is 6. The van der Waals surface area contributed by atoms with E-state index in [0.717, 1.165) is 27.8 Å². The van der Waals surface area contributed by atoms with Gasteiger partial charge in [-0.25, -0.2) is 0 Å². The van der Waals surface area contributed by atoms with Gasteiger partial charge in [-0.05, 0) is 27.8 Å². The van der Waals surface area contributed by atoms with E-state index in [-0.39, 0.29) is 19.8 Å². The Labute approximate surface area is 298 Å². The molecule has 0 aliphatic carbocycles. The van der Waals surface area contributed by atoms with Gasteiger partial charge >= 0.3 is 11.9 Å². The fraction of sp³-hybridized carbons (Fsp3) is 0.256. The highest BCUT2D eigenvalue weighted by Gasteiger charge is 2.52. The summed E-state index contributed by atoms with van der Waals surface area (Å²) in [6.45, 7) is 2.94. The molecule has 262 valence electrons. The molecule has 0 unspecified atom stereocenters. The first-order valence-electron chi connectivity index (χ1n) is 17.1. The van der Waals surface area contributed by atoms with Crippen LogP contribution in [0.3, 0.4) is 0 Å². The molecule has 6 rings (SSSR count). The van der Waals surface area contributed by atoms with Crippen molar-refractivity contribution in [1.29, 1.82) is 0 Å². The number of rotatable bonds is 14. The van der Waals surface area contributed by atoms with E-state index in [0.29, 0.717) is 0 Å². The Hall–Kier alpha value is -5.12. The number of hydrogen-bond acceptors (Lipinski definition) is 8. The van der Waals surface area contributed by atoms with E-state index in [1.807, 2.05) is 152 Å². The van der Waals surface area contributed by atoms with Crippen LogP contribution in [0.15, 0.2) is 152 Å². The predicted molar refractivity (Wildman–Crippen MR) is 191 cm³/mol. The van der Waals surface area contributed by atoms with Crippen LogP contribution in [-0.2, 0) is 56.8 Å². The van der Waals surface area contributed by atoms with Gasteiger partial charge in [0.2, 0.25) is 6.29 Å². The molecular formula is C43H42O8. The van der Waals surface area contributed by atoms with Gasteiger partial charge < -0.3 is 28.4 Å². The van der Waals surface area contributed by atoms with Crippen LogP contribution in [0.1, 0.15) is 41.7 Å². The summed E-state index contributed by atoms with van der Waals surface area (Å²) >= 11 is 0. The second-order valence-electron chi connectivity index (χ2n) is 12.3. The van der Waals surface area contributed by atoms with Crippen LogP contribution in [-0.4, -0.2) is 49.3 Å². The molecule has 5 aromatic rings. The fourth-order valence-electron chi connectivity index (χ4n) is 6.49. The van der Waals surface area contributed by atoms with Crippen molar-refractivity contribution in [3.8, 4) is 0 Å². The third-order valence-corrected chi connectivity index (χ3v) is 8.75. The maximum Gasteiger partial charge on any atom is 0.305 e. The summed E-state index contributed by atoms with van der Waals surface area (Å²) in [6.07, 6.45) is -5.01. The maximum atomic E-state index is 12.5. The van der Waals surface area contributed by atoms with E-state index in [9.17, 15) is 9.59 Å². The van der Waals surface area contributed by atoms with Crippen molar-refractivity contribution in [2.24, 2.45) is 0 Å². The fourth-order valence-corrected chi connectivity index (χ4v) is 6.49. The quantitative estimate of drug-likeness (QED) is 0.0883. The van der Waals surface area contributed by atoms with Crippen molar-refractivity contribution in [3.05, 3.63) is 179 Å². The van der Waals surface area contributed by atoms with Crippen LogP contribution in [0.4, 0.5) is 0 Å². The summed E-state index contributed by atoms with van der Waals surface area (Å²) in [6, 6.07) is 49.4. The number of hydrogen-bond donors (Lipinski definition) is 0. The normalized spacial score (nSPS) is 20.3. The molecule has 0 radical (unpaired) electrons. The first-order valence-corrected chi connectivity index (χ1v) is 17.1. The lowest BCUT2D eigenvalue weighted by atomic mass is 9.80. The van der Waals surface area contributed by atoms with E-state index in [2.05, 4.69) is 0 Å². The molecular weight excluding hydrogens is 644 g/mol. The Bertz CT molecular complexity index is 1710. The summed E-state index contributed by atoms with van der Waals surface area (Å²) in [7, 11) is 0. The topological polar surface area (TPSA) is 89.5 Å². The Balaban J connectivity index is 1.43. The van der Waals surface area contributed by atoms with Gasteiger partial charge in [0.15, 0.2) is 6.10 Å². The summed E-state index contributed by atoms with van der Waals surface area (Å²) in [5.74, 6) is -1.18. The highest BCUT2D eigenvalue weighted by molar-refractivity contribution is 5.67. The molecule has 1 aliphatic rings. The van der Waals surface area contributed by atoms with E-state index < -0.39 is 48.2 Å². The van der Waals surface area contributed by atoms with E-state index in [4.69, 9.17) is 28.4 Å². The highest BCUT2D eigenvalue weighted by Crippen LogP contribution is 2.41. The first-order chi connectivity index (χ1) is 24.9. The molecule has 51 heavy (non-hydrogen) atoms. The van der Waals surface area contributed by atoms with E-state index >= 15 is 0 Å². The van der Waals surface area contributed by atoms with Crippen molar-refractivity contribution in [2.75, 3.05) is 6.61 Å².